The molecule has 102 valence electrons. The fraction of sp³-hybridized carbons (Fsp3) is 0.647. The maximum absolute atomic E-state index is 5.48. The number of methoxy groups -OCH3 is 1. The Morgan fingerprint density at radius 2 is 2.21 bits per heavy atom. The molecule has 0 radical (unpaired) electrons. The monoisotopic (exact) mass is 257 g/mol. The van der Waals surface area contributed by atoms with Crippen molar-refractivity contribution in [2.45, 2.75) is 50.0 Å². The quantitative estimate of drug-likeness (QED) is 0.835. The van der Waals surface area contributed by atoms with E-state index < -0.39 is 0 Å². The Labute approximate surface area is 115 Å². The lowest BCUT2D eigenvalue weighted by atomic mass is 9.53. The molecule has 1 saturated heterocycles. The van der Waals surface area contributed by atoms with Crippen LogP contribution in [-0.2, 0) is 11.8 Å². The molecule has 1 saturated carbocycles. The second-order valence-corrected chi connectivity index (χ2v) is 6.55. The molecule has 2 heteroatoms. The molecule has 1 unspecified atom stereocenters. The number of hydrogen-bond donors (Lipinski definition) is 1. The van der Waals surface area contributed by atoms with Gasteiger partial charge in [0.15, 0.2) is 0 Å². The highest BCUT2D eigenvalue weighted by molar-refractivity contribution is 5.45. The van der Waals surface area contributed by atoms with Gasteiger partial charge in [0.2, 0.25) is 0 Å². The van der Waals surface area contributed by atoms with Crippen molar-refractivity contribution in [3.63, 3.8) is 0 Å². The van der Waals surface area contributed by atoms with Crippen LogP contribution in [0.15, 0.2) is 18.2 Å². The summed E-state index contributed by atoms with van der Waals surface area (Å²) < 4.78 is 5.48. The zero-order valence-electron chi connectivity index (χ0n) is 11.7. The Bertz CT molecular complexity index is 494. The fourth-order valence-corrected chi connectivity index (χ4v) is 5.03. The van der Waals surface area contributed by atoms with E-state index in [2.05, 4.69) is 23.5 Å². The summed E-state index contributed by atoms with van der Waals surface area (Å²) in [4.78, 5) is 0. The molecule has 0 amide bonds. The van der Waals surface area contributed by atoms with Crippen LogP contribution in [0.2, 0.25) is 0 Å². The van der Waals surface area contributed by atoms with E-state index in [0.717, 1.165) is 17.7 Å². The van der Waals surface area contributed by atoms with E-state index in [0.29, 0.717) is 5.41 Å². The third kappa shape index (κ3) is 1.59. The molecule has 2 bridgehead atoms. The predicted octanol–water partition coefficient (Wildman–Crippen LogP) is 3.04. The van der Waals surface area contributed by atoms with Gasteiger partial charge in [0.05, 0.1) is 7.11 Å². The summed E-state index contributed by atoms with van der Waals surface area (Å²) >= 11 is 0. The minimum Gasteiger partial charge on any atom is -0.497 e. The first-order valence-electron chi connectivity index (χ1n) is 7.74. The molecule has 2 nitrogen and oxygen atoms in total. The number of hydrogen-bond acceptors (Lipinski definition) is 2. The van der Waals surface area contributed by atoms with E-state index in [4.69, 9.17) is 4.74 Å². The van der Waals surface area contributed by atoms with Gasteiger partial charge in [-0.05, 0) is 61.4 Å². The molecule has 2 aliphatic carbocycles. The minimum absolute atomic E-state index is 0.455. The Hall–Kier alpha value is -1.02. The molecule has 1 aromatic rings. The minimum atomic E-state index is 0.455. The largest absolute Gasteiger partial charge is 0.497 e. The highest BCUT2D eigenvalue weighted by atomic mass is 16.5. The van der Waals surface area contributed by atoms with Crippen LogP contribution in [-0.4, -0.2) is 19.7 Å². The summed E-state index contributed by atoms with van der Waals surface area (Å²) in [7, 11) is 1.78. The highest BCUT2D eigenvalue weighted by Crippen LogP contribution is 2.54. The van der Waals surface area contributed by atoms with Crippen LogP contribution in [0.25, 0.3) is 0 Å². The van der Waals surface area contributed by atoms with Crippen molar-refractivity contribution in [2.24, 2.45) is 5.92 Å². The average molecular weight is 257 g/mol. The molecule has 3 atom stereocenters. The van der Waals surface area contributed by atoms with Crippen LogP contribution in [0.3, 0.4) is 0 Å². The van der Waals surface area contributed by atoms with Gasteiger partial charge in [0.25, 0.3) is 0 Å². The van der Waals surface area contributed by atoms with E-state index in [9.17, 15) is 0 Å². The van der Waals surface area contributed by atoms with Crippen molar-refractivity contribution in [2.75, 3.05) is 13.7 Å². The van der Waals surface area contributed by atoms with Gasteiger partial charge in [0, 0.05) is 11.5 Å². The molecule has 2 fully saturated rings. The third-order valence-electron chi connectivity index (χ3n) is 5.85. The summed E-state index contributed by atoms with van der Waals surface area (Å²) in [6.07, 6.45) is 8.15. The van der Waals surface area contributed by atoms with Gasteiger partial charge in [0.1, 0.15) is 5.75 Å². The van der Waals surface area contributed by atoms with E-state index in [-0.39, 0.29) is 0 Å². The van der Waals surface area contributed by atoms with E-state index in [1.54, 1.807) is 18.2 Å². The number of ether oxygens (including phenoxy) is 1. The van der Waals surface area contributed by atoms with Gasteiger partial charge < -0.3 is 10.1 Å². The lowest BCUT2D eigenvalue weighted by Gasteiger charge is -2.56. The maximum atomic E-state index is 5.48. The maximum Gasteiger partial charge on any atom is 0.119 e. The fourth-order valence-electron chi connectivity index (χ4n) is 5.03. The molecule has 1 heterocycles. The van der Waals surface area contributed by atoms with Gasteiger partial charge >= 0.3 is 0 Å². The van der Waals surface area contributed by atoms with Crippen molar-refractivity contribution >= 4 is 0 Å². The van der Waals surface area contributed by atoms with Crippen molar-refractivity contribution in [3.05, 3.63) is 29.3 Å². The smallest absolute Gasteiger partial charge is 0.119 e. The van der Waals surface area contributed by atoms with E-state index in [1.165, 1.54) is 45.1 Å². The van der Waals surface area contributed by atoms with Gasteiger partial charge in [-0.25, -0.2) is 0 Å². The average Bonchev–Trinajstić information content (AvgIpc) is 2.47. The van der Waals surface area contributed by atoms with Crippen LogP contribution < -0.4 is 10.1 Å². The first-order chi connectivity index (χ1) is 9.33. The van der Waals surface area contributed by atoms with Crippen molar-refractivity contribution in [3.8, 4) is 5.75 Å². The normalized spacial score (nSPS) is 36.3. The zero-order valence-corrected chi connectivity index (χ0v) is 11.7. The van der Waals surface area contributed by atoms with Crippen LogP contribution in [0.4, 0.5) is 0 Å². The molecule has 1 aromatic carbocycles. The second kappa shape index (κ2) is 4.24. The van der Waals surface area contributed by atoms with Gasteiger partial charge in [-0.2, -0.15) is 0 Å². The summed E-state index contributed by atoms with van der Waals surface area (Å²) in [5.74, 6) is 1.89. The summed E-state index contributed by atoms with van der Waals surface area (Å²) in [5, 5.41) is 3.78. The van der Waals surface area contributed by atoms with Crippen LogP contribution in [0, 0.1) is 5.92 Å². The lowest BCUT2D eigenvalue weighted by Crippen LogP contribution is -2.59. The number of benzene rings is 1. The molecule has 4 rings (SSSR count). The molecule has 0 aromatic heterocycles. The first kappa shape index (κ1) is 11.8. The summed E-state index contributed by atoms with van der Waals surface area (Å²) in [6.45, 7) is 1.19. The molecular weight excluding hydrogens is 234 g/mol. The Morgan fingerprint density at radius 1 is 1.26 bits per heavy atom. The second-order valence-electron chi connectivity index (χ2n) is 6.55. The molecule has 19 heavy (non-hydrogen) atoms. The first-order valence-corrected chi connectivity index (χ1v) is 7.74. The van der Waals surface area contributed by atoms with Crippen molar-refractivity contribution in [1.29, 1.82) is 0 Å². The summed E-state index contributed by atoms with van der Waals surface area (Å²) in [5.41, 5.74) is 3.64. The predicted molar refractivity (Wildman–Crippen MR) is 76.7 cm³/mol. The Kier molecular flexibility index (Phi) is 2.63. The third-order valence-corrected chi connectivity index (χ3v) is 5.85. The van der Waals surface area contributed by atoms with Gasteiger partial charge in [-0.1, -0.05) is 18.9 Å². The van der Waals surface area contributed by atoms with Crippen molar-refractivity contribution < 1.29 is 4.74 Å². The molecular formula is C17H23NO. The number of nitrogens with one attached hydrogen (secondary N) is 1. The van der Waals surface area contributed by atoms with E-state index in [1.807, 2.05) is 0 Å². The topological polar surface area (TPSA) is 21.3 Å². The number of rotatable bonds is 1. The molecule has 3 aliphatic rings. The molecule has 0 spiro atoms. The van der Waals surface area contributed by atoms with Gasteiger partial charge in [-0.3, -0.25) is 0 Å². The van der Waals surface area contributed by atoms with Gasteiger partial charge in [-0.15, -0.1) is 0 Å². The zero-order chi connectivity index (χ0) is 12.9. The standard InChI is InChI=1S/C17H23NO/c1-19-13-6-5-12-10-16-14-4-2-3-7-17(14,8-9-18-16)15(12)11-13/h5-6,11,14,16,18H,2-4,7-10H2,1H3/t14?,16-,17-/m0/s1. The number of fused-ring (bicyclic) bond motifs is 1. The molecule has 1 N–H and O–H groups in total. The molecule has 1 aliphatic heterocycles. The Balaban J connectivity index is 1.88. The van der Waals surface area contributed by atoms with Crippen LogP contribution >= 0.6 is 0 Å². The number of piperidine rings is 1. The highest BCUT2D eigenvalue weighted by Gasteiger charge is 2.51. The Morgan fingerprint density at radius 3 is 3.11 bits per heavy atom. The summed E-state index contributed by atoms with van der Waals surface area (Å²) in [6, 6.07) is 7.50. The SMILES string of the molecule is COc1ccc2c(c1)[C@]13CCCCC1[C@H](C2)NCC3. The lowest BCUT2D eigenvalue weighted by molar-refractivity contribution is 0.0795. The van der Waals surface area contributed by atoms with Crippen LogP contribution in [0.5, 0.6) is 5.75 Å². The van der Waals surface area contributed by atoms with Crippen LogP contribution in [0.1, 0.15) is 43.2 Å². The van der Waals surface area contributed by atoms with E-state index >= 15 is 0 Å². The van der Waals surface area contributed by atoms with Crippen molar-refractivity contribution in [1.82, 2.24) is 5.32 Å².